The number of hydrogen-bond donors (Lipinski definition) is 0. The van der Waals surface area contributed by atoms with Crippen LogP contribution >= 0.6 is 0 Å². The average molecular weight is 472 g/mol. The van der Waals surface area contributed by atoms with Gasteiger partial charge in [-0.25, -0.2) is 4.98 Å². The summed E-state index contributed by atoms with van der Waals surface area (Å²) in [5.74, 6) is 0. The Morgan fingerprint density at radius 3 is 2.00 bits per heavy atom. The van der Waals surface area contributed by atoms with Crippen LogP contribution in [0, 0.1) is 0 Å². The summed E-state index contributed by atoms with van der Waals surface area (Å²) >= 11 is 0. The third-order valence-corrected chi connectivity index (χ3v) is 7.43. The van der Waals surface area contributed by atoms with Gasteiger partial charge in [0.1, 0.15) is 11.2 Å². The molecule has 0 N–H and O–H groups in total. The van der Waals surface area contributed by atoms with Crippen LogP contribution in [-0.4, -0.2) is 4.98 Å². The van der Waals surface area contributed by atoms with Gasteiger partial charge in [-0.2, -0.15) is 0 Å². The molecule has 2 heterocycles. The van der Waals surface area contributed by atoms with E-state index >= 15 is 0 Å². The van der Waals surface area contributed by atoms with E-state index in [0.717, 1.165) is 49.5 Å². The summed E-state index contributed by atoms with van der Waals surface area (Å²) in [7, 11) is 0. The molecule has 6 aromatic carbocycles. The van der Waals surface area contributed by atoms with E-state index < -0.39 is 0 Å². The molecular weight excluding hydrogens is 450 g/mol. The zero-order valence-electron chi connectivity index (χ0n) is 20.0. The van der Waals surface area contributed by atoms with Crippen molar-refractivity contribution in [1.82, 2.24) is 4.98 Å². The van der Waals surface area contributed by atoms with E-state index in [4.69, 9.17) is 9.40 Å². The number of hydrogen-bond acceptors (Lipinski definition) is 2. The predicted octanol–water partition coefficient (Wildman–Crippen LogP) is 9.77. The Bertz CT molecular complexity index is 2140. The Morgan fingerprint density at radius 1 is 0.405 bits per heavy atom. The molecule has 8 rings (SSSR count). The van der Waals surface area contributed by atoms with E-state index in [1.807, 2.05) is 12.1 Å². The van der Waals surface area contributed by atoms with Crippen LogP contribution in [0.4, 0.5) is 0 Å². The first kappa shape index (κ1) is 20.3. The van der Waals surface area contributed by atoms with Crippen LogP contribution in [0.2, 0.25) is 0 Å². The second-order valence-electron chi connectivity index (χ2n) is 9.61. The Labute approximate surface area is 213 Å². The largest absolute Gasteiger partial charge is 0.456 e. The maximum absolute atomic E-state index is 6.14. The third-order valence-electron chi connectivity index (χ3n) is 7.43. The van der Waals surface area contributed by atoms with Gasteiger partial charge < -0.3 is 4.42 Å². The molecule has 0 aliphatic rings. The van der Waals surface area contributed by atoms with E-state index in [1.165, 1.54) is 27.3 Å². The van der Waals surface area contributed by atoms with Gasteiger partial charge in [0, 0.05) is 21.5 Å². The van der Waals surface area contributed by atoms with Crippen LogP contribution < -0.4 is 0 Å². The average Bonchev–Trinajstić information content (AvgIpc) is 3.34. The Kier molecular flexibility index (Phi) is 4.26. The first-order valence-electron chi connectivity index (χ1n) is 12.6. The number of para-hydroxylation sites is 1. The van der Waals surface area contributed by atoms with Crippen molar-refractivity contribution in [2.24, 2.45) is 0 Å². The van der Waals surface area contributed by atoms with Gasteiger partial charge in [-0.3, -0.25) is 0 Å². The van der Waals surface area contributed by atoms with Crippen molar-refractivity contribution >= 4 is 54.5 Å². The van der Waals surface area contributed by atoms with Crippen molar-refractivity contribution in [3.63, 3.8) is 0 Å². The number of furan rings is 1. The van der Waals surface area contributed by atoms with Gasteiger partial charge >= 0.3 is 0 Å². The lowest BCUT2D eigenvalue weighted by molar-refractivity contribution is 0.669. The zero-order chi connectivity index (χ0) is 24.3. The molecule has 0 saturated heterocycles. The molecular formula is C35H21NO. The molecule has 0 atom stereocenters. The van der Waals surface area contributed by atoms with Crippen LogP contribution in [0.15, 0.2) is 132 Å². The number of pyridine rings is 1. The summed E-state index contributed by atoms with van der Waals surface area (Å²) in [6.45, 7) is 0. The lowest BCUT2D eigenvalue weighted by atomic mass is 9.94. The van der Waals surface area contributed by atoms with Crippen molar-refractivity contribution < 1.29 is 4.42 Å². The van der Waals surface area contributed by atoms with Gasteiger partial charge in [0.2, 0.25) is 0 Å². The Hall–Kier alpha value is -4.95. The molecule has 0 saturated carbocycles. The predicted molar refractivity (Wildman–Crippen MR) is 155 cm³/mol. The second kappa shape index (κ2) is 7.78. The second-order valence-corrected chi connectivity index (χ2v) is 9.61. The van der Waals surface area contributed by atoms with Gasteiger partial charge in [0.25, 0.3) is 0 Å². The van der Waals surface area contributed by atoms with Crippen LogP contribution in [0.5, 0.6) is 0 Å². The topological polar surface area (TPSA) is 26.0 Å². The minimum absolute atomic E-state index is 0.907. The number of benzene rings is 6. The molecule has 0 spiro atoms. The number of rotatable bonds is 2. The third kappa shape index (κ3) is 3.16. The van der Waals surface area contributed by atoms with Gasteiger partial charge in [-0.05, 0) is 69.4 Å². The van der Waals surface area contributed by atoms with Crippen molar-refractivity contribution in [2.45, 2.75) is 0 Å². The molecule has 0 radical (unpaired) electrons. The lowest BCUT2D eigenvalue weighted by Crippen LogP contribution is -1.89. The maximum Gasteiger partial charge on any atom is 0.136 e. The minimum atomic E-state index is 0.907. The normalized spacial score (nSPS) is 11.8. The van der Waals surface area contributed by atoms with E-state index in [1.54, 1.807) is 0 Å². The summed E-state index contributed by atoms with van der Waals surface area (Å²) in [4.78, 5) is 5.17. The molecule has 2 nitrogen and oxygen atoms in total. The minimum Gasteiger partial charge on any atom is -0.456 e. The summed E-state index contributed by atoms with van der Waals surface area (Å²) < 4.78 is 6.14. The standard InChI is InChI=1S/C35H21NO/c1-2-8-22(9-3-1)30-21-33-31(27-11-5-4-10-26(27)30)18-25-15-14-23(19-32(25)36-33)24-16-17-29-28-12-6-7-13-34(28)37-35(29)20-24/h1-21H. The van der Waals surface area contributed by atoms with Gasteiger partial charge in [-0.1, -0.05) is 91.0 Å². The van der Waals surface area contributed by atoms with Crippen molar-refractivity contribution in [3.05, 3.63) is 127 Å². The van der Waals surface area contributed by atoms with Crippen LogP contribution in [-0.2, 0) is 0 Å². The summed E-state index contributed by atoms with van der Waals surface area (Å²) in [5.41, 5.74) is 8.49. The van der Waals surface area contributed by atoms with Gasteiger partial charge in [0.05, 0.1) is 11.0 Å². The number of aromatic nitrogens is 1. The van der Waals surface area contributed by atoms with E-state index in [0.29, 0.717) is 0 Å². The Balaban J connectivity index is 1.33. The first-order chi connectivity index (χ1) is 18.3. The van der Waals surface area contributed by atoms with E-state index in [9.17, 15) is 0 Å². The highest BCUT2D eigenvalue weighted by atomic mass is 16.3. The molecule has 0 aliphatic heterocycles. The molecule has 37 heavy (non-hydrogen) atoms. The maximum atomic E-state index is 6.14. The molecule has 0 unspecified atom stereocenters. The molecule has 2 aromatic heterocycles. The van der Waals surface area contributed by atoms with Gasteiger partial charge in [0.15, 0.2) is 0 Å². The molecule has 2 heteroatoms. The SMILES string of the molecule is c1ccc(-c2cc3nc4cc(-c5ccc6c(c5)oc5ccccc56)ccc4cc3c3ccccc23)cc1. The smallest absolute Gasteiger partial charge is 0.136 e. The van der Waals surface area contributed by atoms with Crippen molar-refractivity contribution in [3.8, 4) is 22.3 Å². The summed E-state index contributed by atoms with van der Waals surface area (Å²) in [5, 5.41) is 7.09. The summed E-state index contributed by atoms with van der Waals surface area (Å²) in [6, 6.07) is 44.9. The highest BCUT2D eigenvalue weighted by Crippen LogP contribution is 2.37. The fraction of sp³-hybridized carbons (Fsp3) is 0. The van der Waals surface area contributed by atoms with Crippen LogP contribution in [0.1, 0.15) is 0 Å². The summed E-state index contributed by atoms with van der Waals surface area (Å²) in [6.07, 6.45) is 0. The van der Waals surface area contributed by atoms with Crippen molar-refractivity contribution in [1.29, 1.82) is 0 Å². The zero-order valence-corrected chi connectivity index (χ0v) is 20.0. The highest BCUT2D eigenvalue weighted by Gasteiger charge is 2.12. The molecule has 0 bridgehead atoms. The fourth-order valence-electron chi connectivity index (χ4n) is 5.62. The fourth-order valence-corrected chi connectivity index (χ4v) is 5.62. The Morgan fingerprint density at radius 2 is 1.11 bits per heavy atom. The molecule has 172 valence electrons. The van der Waals surface area contributed by atoms with Crippen LogP contribution in [0.3, 0.4) is 0 Å². The molecule has 0 aliphatic carbocycles. The highest BCUT2D eigenvalue weighted by molar-refractivity contribution is 6.15. The first-order valence-corrected chi connectivity index (χ1v) is 12.6. The monoisotopic (exact) mass is 471 g/mol. The van der Waals surface area contributed by atoms with E-state index in [2.05, 4.69) is 115 Å². The molecule has 0 fully saturated rings. The quantitative estimate of drug-likeness (QED) is 0.185. The van der Waals surface area contributed by atoms with Crippen LogP contribution in [0.25, 0.3) is 76.8 Å². The molecule has 8 aromatic rings. The lowest BCUT2D eigenvalue weighted by Gasteiger charge is -2.12. The number of fused-ring (bicyclic) bond motifs is 7. The number of nitrogens with zero attached hydrogens (tertiary/aromatic N) is 1. The van der Waals surface area contributed by atoms with Gasteiger partial charge in [-0.15, -0.1) is 0 Å². The molecule has 0 amide bonds. The van der Waals surface area contributed by atoms with Crippen molar-refractivity contribution in [2.75, 3.05) is 0 Å². The van der Waals surface area contributed by atoms with E-state index in [-0.39, 0.29) is 0 Å².